The Morgan fingerprint density at radius 3 is 2.45 bits per heavy atom. The van der Waals surface area contributed by atoms with E-state index in [1.807, 2.05) is 13.8 Å². The highest BCUT2D eigenvalue weighted by atomic mass is 19.4. The van der Waals surface area contributed by atoms with E-state index in [2.05, 4.69) is 0 Å². The third kappa shape index (κ3) is 3.65. The molecule has 0 aromatic heterocycles. The molecule has 0 aliphatic heterocycles. The van der Waals surface area contributed by atoms with Gasteiger partial charge in [-0.3, -0.25) is 0 Å². The molecule has 6 heteroatoms. The van der Waals surface area contributed by atoms with Crippen molar-refractivity contribution in [2.24, 2.45) is 0 Å². The maximum atomic E-state index is 12.6. The summed E-state index contributed by atoms with van der Waals surface area (Å²) in [5.74, 6) is -1.36. The molecule has 0 radical (unpaired) electrons. The van der Waals surface area contributed by atoms with E-state index in [9.17, 15) is 18.0 Å². The Kier molecular flexibility index (Phi) is 5.03. The fraction of sp³-hybridized carbons (Fsp3) is 0.500. The second-order valence-electron chi connectivity index (χ2n) is 4.78. The van der Waals surface area contributed by atoms with Gasteiger partial charge in [0, 0.05) is 13.1 Å². The first-order valence-electron chi connectivity index (χ1n) is 6.35. The van der Waals surface area contributed by atoms with Gasteiger partial charge in [-0.2, -0.15) is 13.2 Å². The van der Waals surface area contributed by atoms with Crippen molar-refractivity contribution >= 4 is 11.7 Å². The molecule has 1 unspecified atom stereocenters. The van der Waals surface area contributed by atoms with E-state index in [1.165, 1.54) is 6.07 Å². The Hall–Kier alpha value is -1.72. The highest BCUT2D eigenvalue weighted by Crippen LogP contribution is 2.33. The molecule has 0 saturated heterocycles. The number of halogens is 3. The highest BCUT2D eigenvalue weighted by molar-refractivity contribution is 5.94. The molecule has 1 rings (SSSR count). The third-order valence-corrected chi connectivity index (χ3v) is 3.30. The van der Waals surface area contributed by atoms with Gasteiger partial charge in [-0.05, 0) is 31.5 Å². The number of nitrogens with zero attached hydrogens (tertiary/aromatic N) is 1. The Morgan fingerprint density at radius 1 is 1.40 bits per heavy atom. The van der Waals surface area contributed by atoms with Crippen LogP contribution in [0.5, 0.6) is 0 Å². The molecule has 0 aliphatic carbocycles. The zero-order valence-corrected chi connectivity index (χ0v) is 11.7. The van der Waals surface area contributed by atoms with Crippen LogP contribution in [0.2, 0.25) is 0 Å². The van der Waals surface area contributed by atoms with Crippen molar-refractivity contribution in [1.29, 1.82) is 0 Å². The summed E-state index contributed by atoms with van der Waals surface area (Å²) in [7, 11) is 1.69. The fourth-order valence-electron chi connectivity index (χ4n) is 2.04. The van der Waals surface area contributed by atoms with Crippen LogP contribution in [0.1, 0.15) is 42.6 Å². The van der Waals surface area contributed by atoms with Gasteiger partial charge in [0.1, 0.15) is 0 Å². The second kappa shape index (κ2) is 6.15. The second-order valence-corrected chi connectivity index (χ2v) is 4.78. The lowest BCUT2D eigenvalue weighted by molar-refractivity contribution is -0.137. The lowest BCUT2D eigenvalue weighted by Crippen LogP contribution is -2.30. The molecule has 0 bridgehead atoms. The van der Waals surface area contributed by atoms with Crippen LogP contribution in [0, 0.1) is 0 Å². The number of carboxylic acid groups (broad SMARTS) is 1. The summed E-state index contributed by atoms with van der Waals surface area (Å²) in [6.07, 6.45) is -2.80. The molecular formula is C14H18F3NO2. The molecule has 0 saturated carbocycles. The predicted octanol–water partition coefficient (Wildman–Crippen LogP) is 4.03. The van der Waals surface area contributed by atoms with Gasteiger partial charge in [-0.25, -0.2) is 4.79 Å². The highest BCUT2D eigenvalue weighted by Gasteiger charge is 2.32. The van der Waals surface area contributed by atoms with Crippen LogP contribution in [0.4, 0.5) is 18.9 Å². The van der Waals surface area contributed by atoms with Gasteiger partial charge in [-0.15, -0.1) is 0 Å². The minimum atomic E-state index is -4.55. The average Bonchev–Trinajstić information content (AvgIpc) is 2.36. The van der Waals surface area contributed by atoms with E-state index < -0.39 is 17.7 Å². The minimum Gasteiger partial charge on any atom is -0.478 e. The zero-order chi connectivity index (χ0) is 15.5. The topological polar surface area (TPSA) is 40.5 Å². The maximum Gasteiger partial charge on any atom is 0.416 e. The Labute approximate surface area is 116 Å². The van der Waals surface area contributed by atoms with Crippen molar-refractivity contribution in [2.75, 3.05) is 11.9 Å². The molecule has 0 heterocycles. The van der Waals surface area contributed by atoms with Crippen LogP contribution in [-0.2, 0) is 6.18 Å². The van der Waals surface area contributed by atoms with Crippen LogP contribution in [0.3, 0.4) is 0 Å². The number of anilines is 1. The first kappa shape index (κ1) is 16.3. The summed E-state index contributed by atoms with van der Waals surface area (Å²) >= 11 is 0. The molecule has 1 aromatic carbocycles. The zero-order valence-electron chi connectivity index (χ0n) is 11.7. The Bertz CT molecular complexity index is 486. The van der Waals surface area contributed by atoms with Crippen molar-refractivity contribution in [3.8, 4) is 0 Å². The Morgan fingerprint density at radius 2 is 2.00 bits per heavy atom. The fourth-order valence-corrected chi connectivity index (χ4v) is 2.04. The molecule has 1 aromatic rings. The van der Waals surface area contributed by atoms with E-state index in [0.717, 1.165) is 18.9 Å². The monoisotopic (exact) mass is 289 g/mol. The van der Waals surface area contributed by atoms with Crippen LogP contribution in [0.25, 0.3) is 0 Å². The Balaban J connectivity index is 3.24. The lowest BCUT2D eigenvalue weighted by atomic mass is 10.1. The predicted molar refractivity (Wildman–Crippen MR) is 71.2 cm³/mol. The van der Waals surface area contributed by atoms with Crippen LogP contribution < -0.4 is 4.90 Å². The van der Waals surface area contributed by atoms with Gasteiger partial charge >= 0.3 is 12.1 Å². The molecule has 1 atom stereocenters. The molecule has 20 heavy (non-hydrogen) atoms. The number of alkyl halides is 3. The summed E-state index contributed by atoms with van der Waals surface area (Å²) in [6.45, 7) is 3.90. The van der Waals surface area contributed by atoms with E-state index in [-0.39, 0.29) is 11.6 Å². The quantitative estimate of drug-likeness (QED) is 0.889. The molecule has 1 N–H and O–H groups in total. The van der Waals surface area contributed by atoms with Crippen molar-refractivity contribution in [1.82, 2.24) is 0 Å². The molecule has 3 nitrogen and oxygen atoms in total. The van der Waals surface area contributed by atoms with Gasteiger partial charge in [0.05, 0.1) is 16.8 Å². The van der Waals surface area contributed by atoms with E-state index in [0.29, 0.717) is 11.8 Å². The summed E-state index contributed by atoms with van der Waals surface area (Å²) in [4.78, 5) is 12.9. The molecule has 0 aliphatic rings. The number of aromatic carboxylic acids is 1. The summed E-state index contributed by atoms with van der Waals surface area (Å²) < 4.78 is 37.9. The lowest BCUT2D eigenvalue weighted by Gasteiger charge is -2.28. The molecule has 112 valence electrons. The van der Waals surface area contributed by atoms with Crippen molar-refractivity contribution < 1.29 is 23.1 Å². The smallest absolute Gasteiger partial charge is 0.416 e. The van der Waals surface area contributed by atoms with Gasteiger partial charge in [-0.1, -0.05) is 13.3 Å². The van der Waals surface area contributed by atoms with E-state index >= 15 is 0 Å². The van der Waals surface area contributed by atoms with Gasteiger partial charge in [0.25, 0.3) is 0 Å². The maximum absolute atomic E-state index is 12.6. The van der Waals surface area contributed by atoms with Crippen molar-refractivity contribution in [2.45, 2.75) is 38.9 Å². The number of hydrogen-bond donors (Lipinski definition) is 1. The molecule has 0 fully saturated rings. The van der Waals surface area contributed by atoms with Crippen LogP contribution >= 0.6 is 0 Å². The number of carbonyl (C=O) groups is 1. The largest absolute Gasteiger partial charge is 0.478 e. The first-order chi connectivity index (χ1) is 9.18. The normalized spacial score (nSPS) is 13.1. The third-order valence-electron chi connectivity index (χ3n) is 3.30. The number of hydrogen-bond acceptors (Lipinski definition) is 2. The number of rotatable bonds is 5. The van der Waals surface area contributed by atoms with Crippen molar-refractivity contribution in [3.05, 3.63) is 29.3 Å². The van der Waals surface area contributed by atoms with Crippen molar-refractivity contribution in [3.63, 3.8) is 0 Å². The van der Waals surface area contributed by atoms with E-state index in [1.54, 1.807) is 11.9 Å². The molecule has 0 spiro atoms. The van der Waals surface area contributed by atoms with Crippen LogP contribution in [0.15, 0.2) is 18.2 Å². The number of carboxylic acids is 1. The van der Waals surface area contributed by atoms with Crippen LogP contribution in [-0.4, -0.2) is 24.2 Å². The number of benzene rings is 1. The summed E-state index contributed by atoms with van der Waals surface area (Å²) in [5, 5.41) is 9.12. The average molecular weight is 289 g/mol. The SMILES string of the molecule is CCCC(C)N(C)c1ccc(C(F)(F)F)cc1C(=O)O. The summed E-state index contributed by atoms with van der Waals surface area (Å²) in [6, 6.07) is 2.87. The summed E-state index contributed by atoms with van der Waals surface area (Å²) in [5.41, 5.74) is -0.980. The molecule has 0 amide bonds. The van der Waals surface area contributed by atoms with Gasteiger partial charge < -0.3 is 10.0 Å². The molecular weight excluding hydrogens is 271 g/mol. The van der Waals surface area contributed by atoms with E-state index in [4.69, 9.17) is 5.11 Å². The standard InChI is InChI=1S/C14H18F3NO2/c1-4-5-9(2)18(3)12-7-6-10(14(15,16)17)8-11(12)13(19)20/h6-9H,4-5H2,1-3H3,(H,19,20). The first-order valence-corrected chi connectivity index (χ1v) is 6.35. The minimum absolute atomic E-state index is 0.0508. The van der Waals surface area contributed by atoms with Gasteiger partial charge in [0.2, 0.25) is 0 Å². The van der Waals surface area contributed by atoms with Gasteiger partial charge in [0.15, 0.2) is 0 Å².